The van der Waals surface area contributed by atoms with Gasteiger partial charge < -0.3 is 9.88 Å². The molecule has 0 unspecified atom stereocenters. The molecule has 1 aromatic heterocycles. The van der Waals surface area contributed by atoms with Gasteiger partial charge in [0.05, 0.1) is 0 Å². The summed E-state index contributed by atoms with van der Waals surface area (Å²) in [4.78, 5) is 15.6. The molecule has 0 saturated heterocycles. The number of nitrogens with zero attached hydrogens (tertiary/aromatic N) is 1. The van der Waals surface area contributed by atoms with Crippen molar-refractivity contribution in [3.05, 3.63) is 30.3 Å². The summed E-state index contributed by atoms with van der Waals surface area (Å²) in [5.74, 6) is 0.851. The summed E-state index contributed by atoms with van der Waals surface area (Å²) in [6.45, 7) is 2.62. The summed E-state index contributed by atoms with van der Waals surface area (Å²) in [6, 6.07) is 9.95. The van der Waals surface area contributed by atoms with Crippen LogP contribution in [0.15, 0.2) is 30.3 Å². The molecule has 3 heteroatoms. The van der Waals surface area contributed by atoms with E-state index in [4.69, 9.17) is 0 Å². The molecule has 1 aromatic carbocycles. The van der Waals surface area contributed by atoms with Crippen molar-refractivity contribution in [2.24, 2.45) is 0 Å². The number of hydrogen-bond donors (Lipinski definition) is 1. The number of anilines is 1. The molecule has 0 aliphatic heterocycles. The van der Waals surface area contributed by atoms with Crippen LogP contribution in [0.5, 0.6) is 0 Å². The minimum absolute atomic E-state index is 0.677. The molecule has 1 heterocycles. The largest absolute Gasteiger partial charge is 0.341 e. The molecule has 0 saturated carbocycles. The van der Waals surface area contributed by atoms with Crippen LogP contribution in [0.2, 0.25) is 0 Å². The average Bonchev–Trinajstić information content (AvgIpc) is 2.63. The standard InChI is InChI=1S/C11H12N2O/c1-2-13(8-14)11-7-9-5-3-4-6-10(9)12-11/h3-8,12H,2H2,1H3. The Morgan fingerprint density at radius 2 is 2.21 bits per heavy atom. The van der Waals surface area contributed by atoms with Gasteiger partial charge in [0.15, 0.2) is 0 Å². The number of hydrogen-bond acceptors (Lipinski definition) is 1. The molecule has 0 aliphatic carbocycles. The van der Waals surface area contributed by atoms with Gasteiger partial charge in [0.1, 0.15) is 5.82 Å². The first-order chi connectivity index (χ1) is 6.85. The van der Waals surface area contributed by atoms with Crippen LogP contribution < -0.4 is 4.90 Å². The van der Waals surface area contributed by atoms with Crippen LogP contribution in [0.4, 0.5) is 5.82 Å². The maximum atomic E-state index is 10.7. The Kier molecular flexibility index (Phi) is 2.23. The topological polar surface area (TPSA) is 36.1 Å². The number of amides is 1. The van der Waals surface area contributed by atoms with E-state index in [1.165, 1.54) is 0 Å². The maximum Gasteiger partial charge on any atom is 0.215 e. The Hall–Kier alpha value is -1.77. The first-order valence-electron chi connectivity index (χ1n) is 4.65. The number of H-pyrrole nitrogens is 1. The average molecular weight is 188 g/mol. The number of aromatic amines is 1. The number of nitrogens with one attached hydrogen (secondary N) is 1. The van der Waals surface area contributed by atoms with E-state index >= 15 is 0 Å². The molecule has 14 heavy (non-hydrogen) atoms. The van der Waals surface area contributed by atoms with Gasteiger partial charge in [0.25, 0.3) is 0 Å². The second-order valence-electron chi connectivity index (χ2n) is 3.13. The van der Waals surface area contributed by atoms with Crippen molar-refractivity contribution in [2.75, 3.05) is 11.4 Å². The molecule has 1 amide bonds. The number of fused-ring (bicyclic) bond motifs is 1. The molecule has 3 nitrogen and oxygen atoms in total. The molecule has 0 radical (unpaired) electrons. The van der Waals surface area contributed by atoms with Crippen molar-refractivity contribution >= 4 is 23.1 Å². The van der Waals surface area contributed by atoms with E-state index in [9.17, 15) is 4.79 Å². The van der Waals surface area contributed by atoms with Gasteiger partial charge in [-0.1, -0.05) is 18.2 Å². The maximum absolute atomic E-state index is 10.7. The number of aromatic nitrogens is 1. The van der Waals surface area contributed by atoms with Gasteiger partial charge >= 0.3 is 0 Å². The normalized spacial score (nSPS) is 10.4. The SMILES string of the molecule is CCN(C=O)c1cc2ccccc2[nH]1. The second kappa shape index (κ2) is 3.54. The van der Waals surface area contributed by atoms with E-state index in [1.54, 1.807) is 4.90 Å². The minimum Gasteiger partial charge on any atom is -0.341 e. The lowest BCUT2D eigenvalue weighted by molar-refractivity contribution is -0.107. The summed E-state index contributed by atoms with van der Waals surface area (Å²) >= 11 is 0. The monoisotopic (exact) mass is 188 g/mol. The van der Waals surface area contributed by atoms with Gasteiger partial charge in [-0.2, -0.15) is 0 Å². The van der Waals surface area contributed by atoms with Crippen LogP contribution >= 0.6 is 0 Å². The molecule has 0 spiro atoms. The lowest BCUT2D eigenvalue weighted by atomic mass is 10.2. The smallest absolute Gasteiger partial charge is 0.215 e. The highest BCUT2D eigenvalue weighted by Crippen LogP contribution is 2.20. The molecular formula is C11H12N2O. The minimum atomic E-state index is 0.677. The second-order valence-corrected chi connectivity index (χ2v) is 3.13. The summed E-state index contributed by atoms with van der Waals surface area (Å²) in [5.41, 5.74) is 1.06. The van der Waals surface area contributed by atoms with Crippen LogP contribution in [0, 0.1) is 0 Å². The van der Waals surface area contributed by atoms with E-state index < -0.39 is 0 Å². The Labute approximate surface area is 82.3 Å². The van der Waals surface area contributed by atoms with Crippen molar-refractivity contribution in [3.63, 3.8) is 0 Å². The van der Waals surface area contributed by atoms with E-state index in [-0.39, 0.29) is 0 Å². The molecule has 0 bridgehead atoms. The predicted molar refractivity (Wildman–Crippen MR) is 57.4 cm³/mol. The lowest BCUT2D eigenvalue weighted by Crippen LogP contribution is -2.20. The van der Waals surface area contributed by atoms with Gasteiger partial charge in [-0.15, -0.1) is 0 Å². The van der Waals surface area contributed by atoms with Crippen LogP contribution in [0.25, 0.3) is 10.9 Å². The Morgan fingerprint density at radius 3 is 2.86 bits per heavy atom. The highest BCUT2D eigenvalue weighted by atomic mass is 16.1. The third kappa shape index (κ3) is 1.37. The highest BCUT2D eigenvalue weighted by molar-refractivity contribution is 5.87. The number of rotatable bonds is 3. The molecule has 2 rings (SSSR count). The first kappa shape index (κ1) is 8.81. The zero-order valence-corrected chi connectivity index (χ0v) is 8.03. The molecule has 72 valence electrons. The van der Waals surface area contributed by atoms with Crippen molar-refractivity contribution < 1.29 is 4.79 Å². The fraction of sp³-hybridized carbons (Fsp3) is 0.182. The van der Waals surface area contributed by atoms with E-state index in [0.29, 0.717) is 6.54 Å². The molecule has 0 aliphatic rings. The van der Waals surface area contributed by atoms with E-state index in [0.717, 1.165) is 23.1 Å². The van der Waals surface area contributed by atoms with E-state index in [2.05, 4.69) is 4.98 Å². The quantitative estimate of drug-likeness (QED) is 0.736. The predicted octanol–water partition coefficient (Wildman–Crippen LogP) is 2.15. The number of carbonyl (C=O) groups is 1. The van der Waals surface area contributed by atoms with Gasteiger partial charge in [-0.05, 0) is 19.1 Å². The summed E-state index contributed by atoms with van der Waals surface area (Å²) in [5, 5.41) is 1.13. The first-order valence-corrected chi connectivity index (χ1v) is 4.65. The van der Waals surface area contributed by atoms with Gasteiger partial charge in [0, 0.05) is 17.4 Å². The molecule has 0 fully saturated rings. The number of para-hydroxylation sites is 1. The number of benzene rings is 1. The van der Waals surface area contributed by atoms with E-state index in [1.807, 2.05) is 37.3 Å². The molecular weight excluding hydrogens is 176 g/mol. The fourth-order valence-electron chi connectivity index (χ4n) is 1.51. The van der Waals surface area contributed by atoms with Gasteiger partial charge in [-0.25, -0.2) is 0 Å². The van der Waals surface area contributed by atoms with Crippen LogP contribution in [0.1, 0.15) is 6.92 Å². The van der Waals surface area contributed by atoms with Crippen molar-refractivity contribution in [2.45, 2.75) is 6.92 Å². The Bertz CT molecular complexity index is 414. The lowest BCUT2D eigenvalue weighted by Gasteiger charge is -2.11. The Balaban J connectivity index is 2.48. The van der Waals surface area contributed by atoms with Crippen LogP contribution in [-0.2, 0) is 4.79 Å². The number of carbonyl (C=O) groups excluding carboxylic acids is 1. The Morgan fingerprint density at radius 1 is 1.43 bits per heavy atom. The van der Waals surface area contributed by atoms with Gasteiger partial charge in [0.2, 0.25) is 6.41 Å². The molecule has 1 N–H and O–H groups in total. The van der Waals surface area contributed by atoms with Crippen LogP contribution in [-0.4, -0.2) is 17.9 Å². The summed E-state index contributed by atoms with van der Waals surface area (Å²) < 4.78 is 0. The third-order valence-corrected chi connectivity index (χ3v) is 2.29. The fourth-order valence-corrected chi connectivity index (χ4v) is 1.51. The zero-order chi connectivity index (χ0) is 9.97. The van der Waals surface area contributed by atoms with Crippen molar-refractivity contribution in [3.8, 4) is 0 Å². The third-order valence-electron chi connectivity index (χ3n) is 2.29. The summed E-state index contributed by atoms with van der Waals surface area (Å²) in [6.07, 6.45) is 0.838. The van der Waals surface area contributed by atoms with Gasteiger partial charge in [-0.3, -0.25) is 4.79 Å². The summed E-state index contributed by atoms with van der Waals surface area (Å²) in [7, 11) is 0. The highest BCUT2D eigenvalue weighted by Gasteiger charge is 2.05. The zero-order valence-electron chi connectivity index (χ0n) is 8.03. The van der Waals surface area contributed by atoms with Crippen LogP contribution in [0.3, 0.4) is 0 Å². The molecule has 2 aromatic rings. The van der Waals surface area contributed by atoms with Crippen molar-refractivity contribution in [1.29, 1.82) is 0 Å². The van der Waals surface area contributed by atoms with Crippen molar-refractivity contribution in [1.82, 2.24) is 4.98 Å². The molecule has 0 atom stereocenters.